The SMILES string of the molecule is CN1CCc2ccc(Cl)c(Cl)c2C1.Cl. The minimum absolute atomic E-state index is 0. The summed E-state index contributed by atoms with van der Waals surface area (Å²) in [7, 11) is 2.10. The smallest absolute Gasteiger partial charge is 0.0640 e. The molecule has 1 heterocycles. The Morgan fingerprint density at radius 3 is 2.71 bits per heavy atom. The molecule has 1 nitrogen and oxygen atoms in total. The summed E-state index contributed by atoms with van der Waals surface area (Å²) in [6.07, 6.45) is 1.07. The average Bonchev–Trinajstić information content (AvgIpc) is 2.12. The molecule has 0 bridgehead atoms. The minimum atomic E-state index is 0. The average molecular weight is 253 g/mol. The van der Waals surface area contributed by atoms with Gasteiger partial charge in [0.1, 0.15) is 0 Å². The summed E-state index contributed by atoms with van der Waals surface area (Å²) in [5.74, 6) is 0. The van der Waals surface area contributed by atoms with E-state index < -0.39 is 0 Å². The van der Waals surface area contributed by atoms with Crippen molar-refractivity contribution < 1.29 is 0 Å². The predicted molar refractivity (Wildman–Crippen MR) is 63.7 cm³/mol. The number of hydrogen-bond acceptors (Lipinski definition) is 1. The zero-order valence-electron chi connectivity index (χ0n) is 7.89. The van der Waals surface area contributed by atoms with E-state index in [1.807, 2.05) is 6.07 Å². The van der Waals surface area contributed by atoms with Crippen LogP contribution >= 0.6 is 35.6 Å². The van der Waals surface area contributed by atoms with E-state index in [1.165, 1.54) is 11.1 Å². The third kappa shape index (κ3) is 2.17. The van der Waals surface area contributed by atoms with Crippen LogP contribution in [0, 0.1) is 0 Å². The van der Waals surface area contributed by atoms with E-state index in [2.05, 4.69) is 18.0 Å². The lowest BCUT2D eigenvalue weighted by atomic mass is 10.0. The van der Waals surface area contributed by atoms with Crippen molar-refractivity contribution in [1.82, 2.24) is 4.90 Å². The van der Waals surface area contributed by atoms with Crippen molar-refractivity contribution in [2.75, 3.05) is 13.6 Å². The summed E-state index contributed by atoms with van der Waals surface area (Å²) in [6, 6.07) is 3.96. The predicted octanol–water partition coefficient (Wildman–Crippen LogP) is 3.40. The van der Waals surface area contributed by atoms with Crippen LogP contribution in [0.25, 0.3) is 0 Å². The molecule has 14 heavy (non-hydrogen) atoms. The molecule has 0 saturated heterocycles. The molecule has 0 fully saturated rings. The topological polar surface area (TPSA) is 3.24 Å². The number of nitrogens with zero attached hydrogens (tertiary/aromatic N) is 1. The van der Waals surface area contributed by atoms with Gasteiger partial charge in [-0.2, -0.15) is 0 Å². The Balaban J connectivity index is 0.000000980. The molecule has 0 radical (unpaired) electrons. The summed E-state index contributed by atoms with van der Waals surface area (Å²) in [4.78, 5) is 2.25. The van der Waals surface area contributed by atoms with Gasteiger partial charge in [-0.25, -0.2) is 0 Å². The van der Waals surface area contributed by atoms with Gasteiger partial charge >= 0.3 is 0 Å². The molecule has 1 aromatic carbocycles. The molecule has 0 aliphatic carbocycles. The van der Waals surface area contributed by atoms with Crippen LogP contribution in [0.5, 0.6) is 0 Å². The van der Waals surface area contributed by atoms with Gasteiger partial charge in [-0.15, -0.1) is 12.4 Å². The third-order valence-electron chi connectivity index (χ3n) is 2.48. The number of likely N-dealkylation sites (N-methyl/N-ethyl adjacent to an activating group) is 1. The molecule has 0 spiro atoms. The highest BCUT2D eigenvalue weighted by molar-refractivity contribution is 6.42. The quantitative estimate of drug-likeness (QED) is 0.684. The molecular weight excluding hydrogens is 240 g/mol. The Bertz CT molecular complexity index is 338. The van der Waals surface area contributed by atoms with Gasteiger partial charge in [-0.05, 0) is 30.7 Å². The van der Waals surface area contributed by atoms with Crippen LogP contribution in [0.3, 0.4) is 0 Å². The van der Waals surface area contributed by atoms with Crippen LogP contribution in [0.4, 0.5) is 0 Å². The molecule has 0 saturated carbocycles. The highest BCUT2D eigenvalue weighted by Crippen LogP contribution is 2.31. The fraction of sp³-hybridized carbons (Fsp3) is 0.400. The van der Waals surface area contributed by atoms with E-state index in [4.69, 9.17) is 23.2 Å². The van der Waals surface area contributed by atoms with E-state index in [1.54, 1.807) is 0 Å². The minimum Gasteiger partial charge on any atom is -0.302 e. The van der Waals surface area contributed by atoms with Crippen molar-refractivity contribution in [3.05, 3.63) is 33.3 Å². The first-order chi connectivity index (χ1) is 6.18. The molecule has 0 amide bonds. The highest BCUT2D eigenvalue weighted by atomic mass is 35.5. The zero-order valence-corrected chi connectivity index (χ0v) is 10.2. The molecule has 1 aliphatic rings. The highest BCUT2D eigenvalue weighted by Gasteiger charge is 2.17. The van der Waals surface area contributed by atoms with Gasteiger partial charge in [-0.1, -0.05) is 29.3 Å². The molecule has 0 atom stereocenters. The molecule has 78 valence electrons. The number of rotatable bonds is 0. The van der Waals surface area contributed by atoms with Crippen LogP contribution in [0.15, 0.2) is 12.1 Å². The van der Waals surface area contributed by atoms with E-state index >= 15 is 0 Å². The van der Waals surface area contributed by atoms with Crippen molar-refractivity contribution in [3.8, 4) is 0 Å². The Kier molecular flexibility index (Phi) is 4.08. The fourth-order valence-electron chi connectivity index (χ4n) is 1.70. The van der Waals surface area contributed by atoms with E-state index in [9.17, 15) is 0 Å². The Morgan fingerprint density at radius 2 is 2.00 bits per heavy atom. The molecule has 0 aromatic heterocycles. The van der Waals surface area contributed by atoms with Crippen molar-refractivity contribution >= 4 is 35.6 Å². The van der Waals surface area contributed by atoms with Crippen LogP contribution in [0.1, 0.15) is 11.1 Å². The largest absolute Gasteiger partial charge is 0.302 e. The fourth-order valence-corrected chi connectivity index (χ4v) is 2.12. The summed E-state index contributed by atoms with van der Waals surface area (Å²) in [6.45, 7) is 2.01. The standard InChI is InChI=1S/C10H11Cl2N.ClH/c1-13-5-4-7-2-3-9(11)10(12)8(7)6-13;/h2-3H,4-6H2,1H3;1H. The number of benzene rings is 1. The van der Waals surface area contributed by atoms with Gasteiger partial charge in [0.05, 0.1) is 10.0 Å². The molecule has 1 aliphatic heterocycles. The first-order valence-electron chi connectivity index (χ1n) is 4.33. The summed E-state index contributed by atoms with van der Waals surface area (Å²) >= 11 is 12.1. The van der Waals surface area contributed by atoms with E-state index in [-0.39, 0.29) is 12.4 Å². The van der Waals surface area contributed by atoms with Crippen molar-refractivity contribution in [2.24, 2.45) is 0 Å². The van der Waals surface area contributed by atoms with Gasteiger partial charge in [0.15, 0.2) is 0 Å². The lowest BCUT2D eigenvalue weighted by Crippen LogP contribution is -2.26. The van der Waals surface area contributed by atoms with Gasteiger partial charge in [0, 0.05) is 13.1 Å². The van der Waals surface area contributed by atoms with Gasteiger partial charge in [0.25, 0.3) is 0 Å². The number of halogens is 3. The molecule has 0 N–H and O–H groups in total. The second kappa shape index (κ2) is 4.71. The van der Waals surface area contributed by atoms with Crippen LogP contribution < -0.4 is 0 Å². The second-order valence-electron chi connectivity index (χ2n) is 3.49. The summed E-state index contributed by atoms with van der Waals surface area (Å²) in [5, 5.41) is 1.39. The Hall–Kier alpha value is 0.0500. The number of fused-ring (bicyclic) bond motifs is 1. The molecule has 4 heteroatoms. The normalized spacial score (nSPS) is 15.9. The first kappa shape index (κ1) is 12.1. The lowest BCUT2D eigenvalue weighted by Gasteiger charge is -2.25. The maximum atomic E-state index is 6.12. The summed E-state index contributed by atoms with van der Waals surface area (Å²) < 4.78 is 0. The Labute approximate surface area is 100 Å². The van der Waals surface area contributed by atoms with Crippen molar-refractivity contribution in [1.29, 1.82) is 0 Å². The van der Waals surface area contributed by atoms with Crippen LogP contribution in [-0.2, 0) is 13.0 Å². The Morgan fingerprint density at radius 1 is 1.29 bits per heavy atom. The maximum absolute atomic E-state index is 6.12. The van der Waals surface area contributed by atoms with Crippen molar-refractivity contribution in [3.63, 3.8) is 0 Å². The van der Waals surface area contributed by atoms with Crippen LogP contribution in [-0.4, -0.2) is 18.5 Å². The second-order valence-corrected chi connectivity index (χ2v) is 4.27. The monoisotopic (exact) mass is 251 g/mol. The van der Waals surface area contributed by atoms with Gasteiger partial charge in [0.2, 0.25) is 0 Å². The van der Waals surface area contributed by atoms with Crippen LogP contribution in [0.2, 0.25) is 10.0 Å². The van der Waals surface area contributed by atoms with Gasteiger partial charge in [-0.3, -0.25) is 0 Å². The first-order valence-corrected chi connectivity index (χ1v) is 5.08. The molecule has 2 rings (SSSR count). The molecule has 0 unspecified atom stereocenters. The van der Waals surface area contributed by atoms with E-state index in [0.29, 0.717) is 5.02 Å². The van der Waals surface area contributed by atoms with Crippen molar-refractivity contribution in [2.45, 2.75) is 13.0 Å². The third-order valence-corrected chi connectivity index (χ3v) is 3.33. The number of hydrogen-bond donors (Lipinski definition) is 0. The van der Waals surface area contributed by atoms with Gasteiger partial charge < -0.3 is 4.90 Å². The molecular formula is C10H12Cl3N. The molecule has 1 aromatic rings. The zero-order chi connectivity index (χ0) is 9.42. The summed E-state index contributed by atoms with van der Waals surface area (Å²) in [5.41, 5.74) is 2.54. The van der Waals surface area contributed by atoms with E-state index in [0.717, 1.165) is 24.5 Å². The lowest BCUT2D eigenvalue weighted by molar-refractivity contribution is 0.313. The maximum Gasteiger partial charge on any atom is 0.0640 e.